The van der Waals surface area contributed by atoms with Crippen molar-refractivity contribution in [3.63, 3.8) is 0 Å². The Hall–Kier alpha value is -3.49. The summed E-state index contributed by atoms with van der Waals surface area (Å²) in [5.74, 6) is -0.628. The van der Waals surface area contributed by atoms with E-state index in [9.17, 15) is 14.7 Å². The number of ketones is 1. The van der Waals surface area contributed by atoms with Gasteiger partial charge in [0.1, 0.15) is 5.57 Å². The van der Waals surface area contributed by atoms with Crippen LogP contribution >= 0.6 is 0 Å². The van der Waals surface area contributed by atoms with Crippen LogP contribution in [0.15, 0.2) is 51.3 Å². The number of benzene rings is 1. The molecule has 0 amide bonds. The minimum Gasteiger partial charge on any atom is -0.493 e. The Morgan fingerprint density at radius 2 is 1.94 bits per heavy atom. The first-order chi connectivity index (χ1) is 15.4. The average molecular weight is 439 g/mol. The van der Waals surface area contributed by atoms with Crippen LogP contribution in [0.25, 0.3) is 0 Å². The molecule has 0 radical (unpaired) electrons. The van der Waals surface area contributed by atoms with Gasteiger partial charge in [-0.3, -0.25) is 4.79 Å². The molecular weight excluding hydrogens is 417 g/mol. The second kappa shape index (κ2) is 7.58. The lowest BCUT2D eigenvalue weighted by Crippen LogP contribution is -2.49. The Morgan fingerprint density at radius 3 is 2.59 bits per heavy atom. The topological polar surface area (TPSA) is 101 Å². The number of carboxylic acid groups (broad SMARTS) is 1. The van der Waals surface area contributed by atoms with Gasteiger partial charge in [-0.1, -0.05) is 6.08 Å². The van der Waals surface area contributed by atoms with Crippen molar-refractivity contribution in [3.05, 3.63) is 46.7 Å². The van der Waals surface area contributed by atoms with Crippen molar-refractivity contribution in [2.45, 2.75) is 25.4 Å². The van der Waals surface area contributed by atoms with Crippen LogP contribution in [0.3, 0.4) is 0 Å². The zero-order chi connectivity index (χ0) is 22.6. The number of carboxylic acids is 1. The zero-order valence-corrected chi connectivity index (χ0v) is 17.7. The number of amidine groups is 1. The maximum absolute atomic E-state index is 15.1. The highest BCUT2D eigenvalue weighted by Crippen LogP contribution is 2.48. The monoisotopic (exact) mass is 439 g/mol. The molecule has 0 saturated heterocycles. The highest BCUT2D eigenvalue weighted by molar-refractivity contribution is 6.25. The molecule has 1 N–H and O–H groups in total. The van der Waals surface area contributed by atoms with Crippen molar-refractivity contribution in [1.82, 2.24) is 4.90 Å². The summed E-state index contributed by atoms with van der Waals surface area (Å²) in [7, 11) is 3.09. The molecule has 1 saturated carbocycles. The molecular formula is C23H22FN3O5. The molecule has 32 heavy (non-hydrogen) atoms. The van der Waals surface area contributed by atoms with Crippen LogP contribution in [0.1, 0.15) is 24.8 Å². The first-order valence-corrected chi connectivity index (χ1v) is 10.4. The molecule has 5 rings (SSSR count). The molecule has 4 aliphatic rings. The van der Waals surface area contributed by atoms with Gasteiger partial charge in [0.25, 0.3) is 0 Å². The number of methoxy groups -OCH3 is 2. The summed E-state index contributed by atoms with van der Waals surface area (Å²) >= 11 is 0. The molecule has 0 bridgehead atoms. The standard InChI is InChI=1S/C23H22FN3O5/c1-31-18-6-5-12(7-19(18)32-2)17-10-27-20-13(11-3-4-11)8-15(23(29)30)21(28)14(20)9-16(24)22(27)26-25-17/h5-8,11,13,16H,3-4,9-10H2,1-2H3,(H,29,30). The van der Waals surface area contributed by atoms with Gasteiger partial charge in [0.05, 0.1) is 26.5 Å². The molecule has 2 aliphatic carbocycles. The van der Waals surface area contributed by atoms with Crippen LogP contribution in [-0.4, -0.2) is 60.2 Å². The lowest BCUT2D eigenvalue weighted by molar-refractivity contribution is -0.134. The number of hydrogen-bond acceptors (Lipinski definition) is 7. The second-order valence-corrected chi connectivity index (χ2v) is 8.27. The van der Waals surface area contributed by atoms with E-state index in [1.807, 2.05) is 6.07 Å². The van der Waals surface area contributed by atoms with Crippen molar-refractivity contribution >= 4 is 23.3 Å². The fraction of sp³-hybridized carbons (Fsp3) is 0.391. The van der Waals surface area contributed by atoms with Gasteiger partial charge in [0, 0.05) is 29.2 Å². The highest BCUT2D eigenvalue weighted by Gasteiger charge is 2.47. The Bertz CT molecular complexity index is 1150. The van der Waals surface area contributed by atoms with E-state index in [1.165, 1.54) is 7.11 Å². The van der Waals surface area contributed by atoms with Gasteiger partial charge in [0.15, 0.2) is 29.3 Å². The number of rotatable bonds is 5. The molecule has 1 fully saturated rings. The maximum atomic E-state index is 15.1. The molecule has 2 atom stereocenters. The van der Waals surface area contributed by atoms with Crippen molar-refractivity contribution in [2.75, 3.05) is 20.8 Å². The van der Waals surface area contributed by atoms with Gasteiger partial charge in [-0.2, -0.15) is 5.10 Å². The highest BCUT2D eigenvalue weighted by atomic mass is 19.1. The Morgan fingerprint density at radius 1 is 1.19 bits per heavy atom. The third-order valence-electron chi connectivity index (χ3n) is 6.38. The first-order valence-electron chi connectivity index (χ1n) is 10.4. The average Bonchev–Trinajstić information content (AvgIpc) is 3.64. The zero-order valence-electron chi connectivity index (χ0n) is 17.7. The molecule has 2 heterocycles. The molecule has 1 aromatic carbocycles. The van der Waals surface area contributed by atoms with Crippen LogP contribution in [0.4, 0.5) is 4.39 Å². The number of aliphatic carboxylic acids is 1. The Balaban J connectivity index is 1.56. The summed E-state index contributed by atoms with van der Waals surface area (Å²) in [4.78, 5) is 26.3. The molecule has 0 aromatic heterocycles. The van der Waals surface area contributed by atoms with E-state index in [-0.39, 0.29) is 41.8 Å². The number of carbonyl (C=O) groups is 2. The molecule has 1 aromatic rings. The second-order valence-electron chi connectivity index (χ2n) is 8.27. The number of Topliss-reactive ketones (excluding diaryl/α,β-unsaturated/α-hetero) is 1. The Kier molecular flexibility index (Phi) is 4.83. The minimum absolute atomic E-state index is 0.165. The van der Waals surface area contributed by atoms with Crippen molar-refractivity contribution in [3.8, 4) is 11.5 Å². The number of alkyl halides is 1. The molecule has 2 unspecified atom stereocenters. The van der Waals surface area contributed by atoms with Gasteiger partial charge in [-0.25, -0.2) is 9.18 Å². The minimum atomic E-state index is -1.53. The van der Waals surface area contributed by atoms with Crippen molar-refractivity contribution in [1.29, 1.82) is 0 Å². The van der Waals surface area contributed by atoms with E-state index in [2.05, 4.69) is 10.2 Å². The van der Waals surface area contributed by atoms with Crippen LogP contribution in [0, 0.1) is 11.8 Å². The third-order valence-corrected chi connectivity index (χ3v) is 6.38. The summed E-state index contributed by atoms with van der Waals surface area (Å²) in [6.07, 6.45) is 1.71. The lowest BCUT2D eigenvalue weighted by atomic mass is 9.79. The fourth-order valence-electron chi connectivity index (χ4n) is 4.64. The van der Waals surface area contributed by atoms with E-state index in [0.717, 1.165) is 18.4 Å². The van der Waals surface area contributed by atoms with Crippen LogP contribution < -0.4 is 9.47 Å². The predicted molar refractivity (Wildman–Crippen MR) is 114 cm³/mol. The predicted octanol–water partition coefficient (Wildman–Crippen LogP) is 2.74. The fourth-order valence-corrected chi connectivity index (χ4v) is 4.64. The number of nitrogens with zero attached hydrogens (tertiary/aromatic N) is 3. The Labute approximate surface area is 183 Å². The van der Waals surface area contributed by atoms with E-state index in [0.29, 0.717) is 22.9 Å². The van der Waals surface area contributed by atoms with Crippen molar-refractivity contribution in [2.24, 2.45) is 22.0 Å². The number of allylic oxidation sites excluding steroid dienone is 2. The van der Waals surface area contributed by atoms with Gasteiger partial charge in [-0.05, 0) is 37.0 Å². The summed E-state index contributed by atoms with van der Waals surface area (Å²) in [6.45, 7) is 0.223. The molecule has 8 nitrogen and oxygen atoms in total. The van der Waals surface area contributed by atoms with Crippen LogP contribution in [0.5, 0.6) is 11.5 Å². The summed E-state index contributed by atoms with van der Waals surface area (Å²) in [6, 6.07) is 5.35. The summed E-state index contributed by atoms with van der Waals surface area (Å²) in [5.41, 5.74) is 1.97. The van der Waals surface area contributed by atoms with Crippen LogP contribution in [-0.2, 0) is 9.59 Å². The number of hydrogen-bond donors (Lipinski definition) is 1. The number of fused-ring (bicyclic) bond motifs is 2. The maximum Gasteiger partial charge on any atom is 0.339 e. The molecule has 9 heteroatoms. The largest absolute Gasteiger partial charge is 0.493 e. The van der Waals surface area contributed by atoms with Gasteiger partial charge in [-0.15, -0.1) is 5.10 Å². The third kappa shape index (κ3) is 3.19. The van der Waals surface area contributed by atoms with Crippen LogP contribution in [0.2, 0.25) is 0 Å². The molecule has 166 valence electrons. The van der Waals surface area contributed by atoms with Gasteiger partial charge in [0.2, 0.25) is 0 Å². The van der Waals surface area contributed by atoms with E-state index >= 15 is 4.39 Å². The number of ether oxygens (including phenoxy) is 2. The van der Waals surface area contributed by atoms with Crippen molar-refractivity contribution < 1.29 is 28.6 Å². The SMILES string of the molecule is COc1ccc(C2=NN=C3C(F)CC4=C(C(C5CC5)C=C(C(=O)O)C4=O)N3C2)cc1OC. The quantitative estimate of drug-likeness (QED) is 0.708. The normalized spacial score (nSPS) is 24.8. The smallest absolute Gasteiger partial charge is 0.339 e. The van der Waals surface area contributed by atoms with E-state index in [1.54, 1.807) is 30.2 Å². The summed E-state index contributed by atoms with van der Waals surface area (Å²) in [5, 5.41) is 18.0. The number of carbonyl (C=O) groups excluding carboxylic acids is 1. The lowest BCUT2D eigenvalue weighted by Gasteiger charge is -2.41. The van der Waals surface area contributed by atoms with E-state index in [4.69, 9.17) is 9.47 Å². The van der Waals surface area contributed by atoms with Gasteiger partial charge < -0.3 is 19.5 Å². The van der Waals surface area contributed by atoms with Gasteiger partial charge >= 0.3 is 5.97 Å². The number of halogens is 1. The first kappa shape index (κ1) is 20.4. The molecule has 2 aliphatic heterocycles. The summed E-state index contributed by atoms with van der Waals surface area (Å²) < 4.78 is 25.7. The van der Waals surface area contributed by atoms with E-state index < -0.39 is 17.9 Å². The molecule has 0 spiro atoms.